The van der Waals surface area contributed by atoms with Gasteiger partial charge in [-0.05, 0) is 67.1 Å². The Kier molecular flexibility index (Phi) is 8.44. The van der Waals surface area contributed by atoms with E-state index in [0.717, 1.165) is 58.4 Å². The first kappa shape index (κ1) is 30.7. The molecule has 4 atom stereocenters. The lowest BCUT2D eigenvalue weighted by molar-refractivity contribution is -0.153. The van der Waals surface area contributed by atoms with Crippen LogP contribution in [0.15, 0.2) is 53.1 Å². The van der Waals surface area contributed by atoms with Crippen molar-refractivity contribution in [2.75, 3.05) is 31.1 Å². The van der Waals surface area contributed by atoms with Crippen LogP contribution in [0.25, 0.3) is 0 Å². The minimum Gasteiger partial charge on any atom is -0.488 e. The van der Waals surface area contributed by atoms with Gasteiger partial charge in [0.15, 0.2) is 5.82 Å². The Morgan fingerprint density at radius 1 is 1.07 bits per heavy atom. The number of aliphatic carboxylic acids is 1. The lowest BCUT2D eigenvalue weighted by atomic mass is 9.77. The van der Waals surface area contributed by atoms with Gasteiger partial charge < -0.3 is 24.5 Å². The van der Waals surface area contributed by atoms with Crippen molar-refractivity contribution in [3.8, 4) is 5.75 Å². The van der Waals surface area contributed by atoms with E-state index in [-0.39, 0.29) is 17.9 Å². The van der Waals surface area contributed by atoms with E-state index in [1.165, 1.54) is 0 Å². The first-order chi connectivity index (χ1) is 22.3. The average molecular weight is 689 g/mol. The van der Waals surface area contributed by atoms with Gasteiger partial charge in [0.1, 0.15) is 11.9 Å². The molecule has 7 rings (SSSR count). The molecule has 2 aromatic carbocycles. The number of benzene rings is 2. The van der Waals surface area contributed by atoms with Crippen LogP contribution >= 0.6 is 15.9 Å². The van der Waals surface area contributed by atoms with E-state index in [1.807, 2.05) is 59.2 Å². The van der Waals surface area contributed by atoms with E-state index >= 15 is 0 Å². The van der Waals surface area contributed by atoms with Gasteiger partial charge in [-0.2, -0.15) is 5.10 Å². The number of carbonyl (C=O) groups excluding carboxylic acids is 2. The molecule has 0 radical (unpaired) electrons. The van der Waals surface area contributed by atoms with Crippen molar-refractivity contribution in [3.63, 3.8) is 0 Å². The summed E-state index contributed by atoms with van der Waals surface area (Å²) in [4.78, 5) is 46.1. The molecular weight excluding hydrogens is 650 g/mol. The van der Waals surface area contributed by atoms with E-state index in [1.54, 1.807) is 6.20 Å². The molecule has 1 saturated carbocycles. The fraction of sp³-hybridized carbons (Fsp3) is 0.457. The fourth-order valence-electron chi connectivity index (χ4n) is 7.76. The number of amides is 2. The zero-order valence-electron chi connectivity index (χ0n) is 25.9. The summed E-state index contributed by atoms with van der Waals surface area (Å²) in [5.74, 6) is -0.863. The van der Waals surface area contributed by atoms with Crippen LogP contribution in [0.1, 0.15) is 70.8 Å². The molecule has 4 aliphatic rings. The van der Waals surface area contributed by atoms with Crippen molar-refractivity contribution in [2.45, 2.75) is 64.1 Å². The lowest BCUT2D eigenvalue weighted by Gasteiger charge is -2.43. The molecule has 46 heavy (non-hydrogen) atoms. The molecule has 2 fully saturated rings. The molecule has 3 aliphatic heterocycles. The number of aryl methyl sites for hydroxylation is 1. The van der Waals surface area contributed by atoms with Crippen molar-refractivity contribution < 1.29 is 24.2 Å². The van der Waals surface area contributed by atoms with Gasteiger partial charge in [-0.3, -0.25) is 14.4 Å². The zero-order valence-corrected chi connectivity index (χ0v) is 27.5. The number of rotatable bonds is 7. The number of anilines is 1. The van der Waals surface area contributed by atoms with Gasteiger partial charge in [0, 0.05) is 48.2 Å². The van der Waals surface area contributed by atoms with E-state index in [2.05, 4.69) is 31.0 Å². The first-order valence-corrected chi connectivity index (χ1v) is 17.0. The van der Waals surface area contributed by atoms with Crippen LogP contribution in [0.2, 0.25) is 0 Å². The second-order valence-electron chi connectivity index (χ2n) is 13.0. The Bertz CT molecular complexity index is 1680. The Labute approximate surface area is 276 Å². The standard InChI is InChI=1S/C35H38BrN5O5/c1-21-16-31(38-37-17-21)39-14-12-23(19-39)46-30-11-10-28(36)27-13-15-41(34(43)25-8-4-5-9-26(25)35(44)45)29(32(27)30)20-40-18-22-6-2-3-7-24(22)33(40)42/h2-3,6-7,10-11,16-17,23,25-26,29H,4-5,8-9,12-15,18-20H2,1H3,(H,44,45). The number of carbonyl (C=O) groups is 3. The maximum absolute atomic E-state index is 14.4. The topological polar surface area (TPSA) is 116 Å². The molecule has 11 heteroatoms. The molecule has 4 unspecified atom stereocenters. The lowest BCUT2D eigenvalue weighted by Crippen LogP contribution is -2.50. The van der Waals surface area contributed by atoms with E-state index in [0.29, 0.717) is 56.8 Å². The molecule has 1 saturated heterocycles. The second-order valence-corrected chi connectivity index (χ2v) is 13.8. The number of carboxylic acids is 1. The quantitative estimate of drug-likeness (QED) is 0.362. The predicted molar refractivity (Wildman–Crippen MR) is 175 cm³/mol. The number of halogens is 1. The summed E-state index contributed by atoms with van der Waals surface area (Å²) in [5.41, 5.74) is 4.66. The van der Waals surface area contributed by atoms with Crippen molar-refractivity contribution in [3.05, 3.63) is 81.0 Å². The predicted octanol–water partition coefficient (Wildman–Crippen LogP) is 5.18. The van der Waals surface area contributed by atoms with Crippen LogP contribution in [-0.2, 0) is 22.6 Å². The van der Waals surface area contributed by atoms with Crippen LogP contribution in [0.3, 0.4) is 0 Å². The summed E-state index contributed by atoms with van der Waals surface area (Å²) in [6, 6.07) is 13.1. The highest BCUT2D eigenvalue weighted by atomic mass is 79.9. The summed E-state index contributed by atoms with van der Waals surface area (Å²) in [6.07, 6.45) is 5.74. The van der Waals surface area contributed by atoms with Crippen LogP contribution in [0.5, 0.6) is 5.75 Å². The molecule has 1 N–H and O–H groups in total. The van der Waals surface area contributed by atoms with Gasteiger partial charge in [-0.1, -0.05) is 47.0 Å². The van der Waals surface area contributed by atoms with Gasteiger partial charge >= 0.3 is 5.97 Å². The fourth-order valence-corrected chi connectivity index (χ4v) is 8.30. The molecule has 240 valence electrons. The monoisotopic (exact) mass is 687 g/mol. The third-order valence-electron chi connectivity index (χ3n) is 10.1. The highest BCUT2D eigenvalue weighted by Gasteiger charge is 2.44. The summed E-state index contributed by atoms with van der Waals surface area (Å²) in [6.45, 7) is 4.63. The molecule has 3 aromatic rings. The number of aromatic nitrogens is 2. The Hall–Kier alpha value is -3.99. The largest absolute Gasteiger partial charge is 0.488 e. The number of ether oxygens (including phenoxy) is 1. The van der Waals surface area contributed by atoms with E-state index in [9.17, 15) is 19.5 Å². The summed E-state index contributed by atoms with van der Waals surface area (Å²) in [5, 5.41) is 18.5. The molecule has 10 nitrogen and oxygen atoms in total. The highest BCUT2D eigenvalue weighted by Crippen LogP contribution is 2.44. The SMILES string of the molecule is Cc1cnnc(N2CCC(Oc3ccc(Br)c4c3C(CN3Cc5ccccc5C3=O)N(C(=O)C3CCCCC3C(=O)O)CC4)C2)c1. The third kappa shape index (κ3) is 5.74. The molecular formula is C35H38BrN5O5. The van der Waals surface area contributed by atoms with Crippen molar-refractivity contribution in [1.29, 1.82) is 0 Å². The van der Waals surface area contributed by atoms with Gasteiger partial charge in [0.2, 0.25) is 5.91 Å². The molecule has 0 spiro atoms. The normalized spacial score (nSPS) is 24.1. The van der Waals surface area contributed by atoms with E-state index < -0.39 is 23.8 Å². The van der Waals surface area contributed by atoms with E-state index in [4.69, 9.17) is 4.74 Å². The summed E-state index contributed by atoms with van der Waals surface area (Å²) < 4.78 is 7.72. The zero-order chi connectivity index (χ0) is 31.9. The van der Waals surface area contributed by atoms with Crippen LogP contribution in [-0.4, -0.2) is 75.2 Å². The van der Waals surface area contributed by atoms with Crippen molar-refractivity contribution in [2.24, 2.45) is 11.8 Å². The maximum Gasteiger partial charge on any atom is 0.307 e. The Balaban J connectivity index is 1.23. The van der Waals surface area contributed by atoms with Crippen LogP contribution < -0.4 is 9.64 Å². The van der Waals surface area contributed by atoms with Gasteiger partial charge in [0.25, 0.3) is 5.91 Å². The number of nitrogens with zero attached hydrogens (tertiary/aromatic N) is 5. The smallest absolute Gasteiger partial charge is 0.307 e. The van der Waals surface area contributed by atoms with Crippen molar-refractivity contribution in [1.82, 2.24) is 20.0 Å². The summed E-state index contributed by atoms with van der Waals surface area (Å²) in [7, 11) is 0. The number of hydrogen-bond acceptors (Lipinski definition) is 7. The minimum absolute atomic E-state index is 0.0561. The molecule has 1 aliphatic carbocycles. The minimum atomic E-state index is -0.909. The molecule has 0 bridgehead atoms. The van der Waals surface area contributed by atoms with Crippen molar-refractivity contribution >= 4 is 39.5 Å². The molecule has 4 heterocycles. The summed E-state index contributed by atoms with van der Waals surface area (Å²) >= 11 is 3.77. The molecule has 2 amide bonds. The van der Waals surface area contributed by atoms with Gasteiger partial charge in [-0.25, -0.2) is 0 Å². The Morgan fingerprint density at radius 3 is 2.65 bits per heavy atom. The van der Waals surface area contributed by atoms with Crippen LogP contribution in [0.4, 0.5) is 5.82 Å². The number of carboxylic acid groups (broad SMARTS) is 1. The number of fused-ring (bicyclic) bond motifs is 2. The van der Waals surface area contributed by atoms with Crippen LogP contribution in [0, 0.1) is 18.8 Å². The Morgan fingerprint density at radius 2 is 1.87 bits per heavy atom. The first-order valence-electron chi connectivity index (χ1n) is 16.2. The van der Waals surface area contributed by atoms with Gasteiger partial charge in [0.05, 0.1) is 30.6 Å². The highest BCUT2D eigenvalue weighted by molar-refractivity contribution is 9.10. The van der Waals surface area contributed by atoms with Gasteiger partial charge in [-0.15, -0.1) is 5.10 Å². The third-order valence-corrected chi connectivity index (χ3v) is 10.8. The number of hydrogen-bond donors (Lipinski definition) is 1. The second kappa shape index (κ2) is 12.7. The maximum atomic E-state index is 14.4. The average Bonchev–Trinajstić information content (AvgIpc) is 3.66. The molecule has 1 aromatic heterocycles.